The molecule has 1 aromatic carbocycles. The maximum Gasteiger partial charge on any atom is 0.263 e. The fourth-order valence-electron chi connectivity index (χ4n) is 3.77. The number of aromatic nitrogens is 2. The third kappa shape index (κ3) is 4.67. The van der Waals surface area contributed by atoms with E-state index in [1.165, 1.54) is 22.2 Å². The van der Waals surface area contributed by atoms with Gasteiger partial charge in [0.2, 0.25) is 5.91 Å². The van der Waals surface area contributed by atoms with E-state index in [0.29, 0.717) is 29.0 Å². The SMILES string of the molecule is COCCn1c(SCC(=O)Nc2cccc(Cl)c2C)nc2sc3c(c2c1=O)CCCC3. The van der Waals surface area contributed by atoms with Crippen molar-refractivity contribution in [1.29, 1.82) is 0 Å². The Balaban J connectivity index is 1.60. The maximum absolute atomic E-state index is 13.4. The Morgan fingerprint density at radius 3 is 2.97 bits per heavy atom. The van der Waals surface area contributed by atoms with Gasteiger partial charge in [0.15, 0.2) is 5.16 Å². The van der Waals surface area contributed by atoms with Crippen LogP contribution in [0.1, 0.15) is 28.8 Å². The molecule has 1 N–H and O–H groups in total. The molecule has 1 aliphatic carbocycles. The molecular weight excluding hydrogens is 454 g/mol. The number of amides is 1. The molecule has 0 saturated heterocycles. The van der Waals surface area contributed by atoms with E-state index in [4.69, 9.17) is 21.3 Å². The van der Waals surface area contributed by atoms with Crippen LogP contribution >= 0.6 is 34.7 Å². The highest BCUT2D eigenvalue weighted by atomic mass is 35.5. The molecule has 9 heteroatoms. The highest BCUT2D eigenvalue weighted by molar-refractivity contribution is 7.99. The fourth-order valence-corrected chi connectivity index (χ4v) is 6.07. The monoisotopic (exact) mass is 477 g/mol. The van der Waals surface area contributed by atoms with Crippen molar-refractivity contribution < 1.29 is 9.53 Å². The fraction of sp³-hybridized carbons (Fsp3) is 0.409. The summed E-state index contributed by atoms with van der Waals surface area (Å²) in [5, 5.41) is 4.79. The first kappa shape index (κ1) is 22.3. The Hall–Kier alpha value is -1.87. The Morgan fingerprint density at radius 2 is 2.16 bits per heavy atom. The van der Waals surface area contributed by atoms with Crippen LogP contribution in [-0.4, -0.2) is 34.9 Å². The minimum Gasteiger partial charge on any atom is -0.383 e. The summed E-state index contributed by atoms with van der Waals surface area (Å²) in [6.45, 7) is 2.67. The van der Waals surface area contributed by atoms with Crippen LogP contribution < -0.4 is 10.9 Å². The van der Waals surface area contributed by atoms with E-state index in [1.54, 1.807) is 35.1 Å². The number of thioether (sulfide) groups is 1. The quantitative estimate of drug-likeness (QED) is 0.395. The molecule has 0 aliphatic heterocycles. The second-order valence-corrected chi connectivity index (χ2v) is 9.92. The molecule has 0 saturated carbocycles. The molecule has 0 unspecified atom stereocenters. The van der Waals surface area contributed by atoms with Crippen molar-refractivity contribution >= 4 is 56.5 Å². The van der Waals surface area contributed by atoms with Crippen LogP contribution in [0.5, 0.6) is 0 Å². The number of carbonyl (C=O) groups excluding carboxylic acids is 1. The summed E-state index contributed by atoms with van der Waals surface area (Å²) in [5.74, 6) is -0.0319. The van der Waals surface area contributed by atoms with Crippen molar-refractivity contribution in [2.45, 2.75) is 44.3 Å². The topological polar surface area (TPSA) is 73.2 Å². The van der Waals surface area contributed by atoms with Gasteiger partial charge < -0.3 is 10.1 Å². The highest BCUT2D eigenvalue weighted by Gasteiger charge is 2.22. The Bertz CT molecular complexity index is 1190. The number of nitrogens with one attached hydrogen (secondary N) is 1. The first-order valence-electron chi connectivity index (χ1n) is 10.2. The molecule has 2 aromatic heterocycles. The smallest absolute Gasteiger partial charge is 0.263 e. The zero-order valence-corrected chi connectivity index (χ0v) is 19.9. The van der Waals surface area contributed by atoms with Gasteiger partial charge in [-0.2, -0.15) is 0 Å². The molecule has 164 valence electrons. The van der Waals surface area contributed by atoms with Gasteiger partial charge in [-0.3, -0.25) is 14.2 Å². The minimum absolute atomic E-state index is 0.0324. The van der Waals surface area contributed by atoms with Crippen molar-refractivity contribution in [2.24, 2.45) is 0 Å². The molecule has 31 heavy (non-hydrogen) atoms. The molecule has 0 radical (unpaired) electrons. The average Bonchev–Trinajstić information content (AvgIpc) is 3.13. The molecule has 0 bridgehead atoms. The summed E-state index contributed by atoms with van der Waals surface area (Å²) in [6, 6.07) is 5.41. The zero-order chi connectivity index (χ0) is 22.0. The third-order valence-electron chi connectivity index (χ3n) is 5.43. The van der Waals surface area contributed by atoms with Crippen LogP contribution in [-0.2, 0) is 28.9 Å². The predicted octanol–water partition coefficient (Wildman–Crippen LogP) is 4.68. The van der Waals surface area contributed by atoms with Crippen LogP contribution in [0.15, 0.2) is 28.2 Å². The van der Waals surface area contributed by atoms with Crippen LogP contribution in [0.3, 0.4) is 0 Å². The largest absolute Gasteiger partial charge is 0.383 e. The van der Waals surface area contributed by atoms with E-state index in [-0.39, 0.29) is 17.2 Å². The number of halogens is 1. The van der Waals surface area contributed by atoms with Gasteiger partial charge >= 0.3 is 0 Å². The molecule has 0 spiro atoms. The number of anilines is 1. The van der Waals surface area contributed by atoms with Crippen LogP contribution in [0.25, 0.3) is 10.2 Å². The lowest BCUT2D eigenvalue weighted by Gasteiger charge is -2.13. The van der Waals surface area contributed by atoms with Crippen molar-refractivity contribution in [3.63, 3.8) is 0 Å². The van der Waals surface area contributed by atoms with Gasteiger partial charge in [-0.1, -0.05) is 29.4 Å². The lowest BCUT2D eigenvalue weighted by Crippen LogP contribution is -2.26. The van der Waals surface area contributed by atoms with Crippen LogP contribution in [0.4, 0.5) is 5.69 Å². The van der Waals surface area contributed by atoms with Crippen molar-refractivity contribution in [2.75, 3.05) is 24.8 Å². The van der Waals surface area contributed by atoms with Gasteiger partial charge in [-0.25, -0.2) is 4.98 Å². The van der Waals surface area contributed by atoms with Gasteiger partial charge in [0.1, 0.15) is 4.83 Å². The van der Waals surface area contributed by atoms with E-state index >= 15 is 0 Å². The second-order valence-electron chi connectivity index (χ2n) is 7.48. The Morgan fingerprint density at radius 1 is 1.35 bits per heavy atom. The minimum atomic E-state index is -0.173. The van der Waals surface area contributed by atoms with Crippen molar-refractivity contribution in [3.05, 3.63) is 49.6 Å². The number of carbonyl (C=O) groups is 1. The van der Waals surface area contributed by atoms with Crippen LogP contribution in [0.2, 0.25) is 5.02 Å². The highest BCUT2D eigenvalue weighted by Crippen LogP contribution is 2.34. The van der Waals surface area contributed by atoms with Gasteiger partial charge in [0, 0.05) is 22.7 Å². The first-order valence-corrected chi connectivity index (χ1v) is 12.4. The summed E-state index contributed by atoms with van der Waals surface area (Å²) in [7, 11) is 1.61. The summed E-state index contributed by atoms with van der Waals surface area (Å²) in [5.41, 5.74) is 2.64. The third-order valence-corrected chi connectivity index (χ3v) is 8.00. The lowest BCUT2D eigenvalue weighted by atomic mass is 9.97. The number of hydrogen-bond donors (Lipinski definition) is 1. The number of rotatable bonds is 7. The Kier molecular flexibility index (Phi) is 7.01. The molecule has 4 rings (SSSR count). The summed E-state index contributed by atoms with van der Waals surface area (Å²) < 4.78 is 6.85. The molecular formula is C22H24ClN3O3S2. The summed E-state index contributed by atoms with van der Waals surface area (Å²) in [4.78, 5) is 32.8. The molecule has 1 amide bonds. The van der Waals surface area contributed by atoms with E-state index in [2.05, 4.69) is 5.32 Å². The van der Waals surface area contributed by atoms with Crippen molar-refractivity contribution in [1.82, 2.24) is 9.55 Å². The van der Waals surface area contributed by atoms with E-state index in [1.807, 2.05) is 13.0 Å². The van der Waals surface area contributed by atoms with Gasteiger partial charge in [0.25, 0.3) is 5.56 Å². The van der Waals surface area contributed by atoms with Crippen LogP contribution in [0, 0.1) is 6.92 Å². The van der Waals surface area contributed by atoms with Crippen molar-refractivity contribution in [3.8, 4) is 0 Å². The number of nitrogens with zero attached hydrogens (tertiary/aromatic N) is 2. The standard InChI is InChI=1S/C22H24ClN3O3S2/c1-13-15(23)7-5-8-16(13)24-18(27)12-30-22-25-20-19(21(28)26(22)10-11-29-2)14-6-3-4-9-17(14)31-20/h5,7-8H,3-4,6,9-12H2,1-2H3,(H,24,27). The molecule has 1 aliphatic rings. The molecule has 0 atom stereocenters. The average molecular weight is 478 g/mol. The van der Waals surface area contributed by atoms with E-state index in [0.717, 1.165) is 41.5 Å². The number of aryl methyl sites for hydroxylation is 2. The number of ether oxygens (including phenoxy) is 1. The number of thiophene rings is 1. The first-order chi connectivity index (χ1) is 15.0. The zero-order valence-electron chi connectivity index (χ0n) is 17.5. The molecule has 2 heterocycles. The number of hydrogen-bond acceptors (Lipinski definition) is 6. The number of fused-ring (bicyclic) bond motifs is 3. The molecule has 3 aromatic rings. The van der Waals surface area contributed by atoms with Gasteiger partial charge in [-0.05, 0) is 55.9 Å². The van der Waals surface area contributed by atoms with Gasteiger partial charge in [0.05, 0.1) is 24.3 Å². The summed E-state index contributed by atoms with van der Waals surface area (Å²) >= 11 is 9.02. The number of benzene rings is 1. The maximum atomic E-state index is 13.4. The normalized spacial score (nSPS) is 13.4. The predicted molar refractivity (Wildman–Crippen MR) is 128 cm³/mol. The molecule has 6 nitrogen and oxygen atoms in total. The summed E-state index contributed by atoms with van der Waals surface area (Å²) in [6.07, 6.45) is 4.21. The molecule has 0 fully saturated rings. The van der Waals surface area contributed by atoms with E-state index in [9.17, 15) is 9.59 Å². The lowest BCUT2D eigenvalue weighted by molar-refractivity contribution is -0.113. The van der Waals surface area contributed by atoms with E-state index < -0.39 is 0 Å². The van der Waals surface area contributed by atoms with Gasteiger partial charge in [-0.15, -0.1) is 11.3 Å². The number of methoxy groups -OCH3 is 1. The Labute approximate surface area is 194 Å². The second kappa shape index (κ2) is 9.73.